The number of nitrogens with one attached hydrogen (secondary N) is 1. The van der Waals surface area contributed by atoms with E-state index in [0.717, 1.165) is 5.56 Å². The van der Waals surface area contributed by atoms with Crippen LogP contribution in [0.1, 0.15) is 29.0 Å². The molecule has 150 valence electrons. The van der Waals surface area contributed by atoms with Crippen molar-refractivity contribution in [2.75, 3.05) is 20.3 Å². The smallest absolute Gasteiger partial charge is 0.407 e. The topological polar surface area (TPSA) is 60.5 Å². The molecule has 0 bridgehead atoms. The van der Waals surface area contributed by atoms with Gasteiger partial charge in [0.2, 0.25) is 5.88 Å². The minimum atomic E-state index is -0.433. The molecule has 1 N–H and O–H groups in total. The highest BCUT2D eigenvalue weighted by Crippen LogP contribution is 2.44. The predicted octanol–water partition coefficient (Wildman–Crippen LogP) is 4.37. The van der Waals surface area contributed by atoms with Gasteiger partial charge >= 0.3 is 6.09 Å². The minimum Gasteiger partial charge on any atom is -0.480 e. The Kier molecular flexibility index (Phi) is 5.95. The van der Waals surface area contributed by atoms with Crippen LogP contribution in [-0.2, 0) is 4.74 Å². The third-order valence-electron chi connectivity index (χ3n) is 5.05. The second-order valence-electron chi connectivity index (χ2n) is 6.86. The second kappa shape index (κ2) is 9.15. The summed E-state index contributed by atoms with van der Waals surface area (Å²) in [5.74, 6) is 6.57. The maximum absolute atomic E-state index is 12.1. The van der Waals surface area contributed by atoms with Crippen molar-refractivity contribution in [2.24, 2.45) is 0 Å². The maximum atomic E-state index is 12.1. The molecule has 5 heteroatoms. The maximum Gasteiger partial charge on any atom is 0.407 e. The molecule has 0 atom stereocenters. The summed E-state index contributed by atoms with van der Waals surface area (Å²) in [6, 6.07) is 20.2. The largest absolute Gasteiger partial charge is 0.480 e. The van der Waals surface area contributed by atoms with Crippen LogP contribution in [0, 0.1) is 11.8 Å². The van der Waals surface area contributed by atoms with Crippen LogP contribution in [0.4, 0.5) is 4.79 Å². The zero-order chi connectivity index (χ0) is 20.8. The van der Waals surface area contributed by atoms with Gasteiger partial charge in [0.25, 0.3) is 0 Å². The molecule has 1 aliphatic carbocycles. The number of hydrogen-bond donors (Lipinski definition) is 1. The number of methoxy groups -OCH3 is 1. The molecule has 5 nitrogen and oxygen atoms in total. The van der Waals surface area contributed by atoms with E-state index in [0.29, 0.717) is 25.5 Å². The van der Waals surface area contributed by atoms with Crippen LogP contribution in [0.15, 0.2) is 66.9 Å². The molecule has 4 rings (SSSR count). The number of ether oxygens (including phenoxy) is 2. The van der Waals surface area contributed by atoms with E-state index in [1.54, 1.807) is 13.3 Å². The molecule has 1 amide bonds. The normalized spacial score (nSPS) is 11.6. The van der Waals surface area contributed by atoms with Crippen molar-refractivity contribution in [1.29, 1.82) is 0 Å². The number of alkyl carbamates (subject to hydrolysis) is 1. The minimum absolute atomic E-state index is 0.0565. The summed E-state index contributed by atoms with van der Waals surface area (Å²) in [6.07, 6.45) is 1.72. The van der Waals surface area contributed by atoms with Crippen molar-refractivity contribution in [3.05, 3.63) is 83.6 Å². The molecule has 1 aliphatic rings. The van der Waals surface area contributed by atoms with E-state index in [4.69, 9.17) is 9.47 Å². The third kappa shape index (κ3) is 4.13. The highest BCUT2D eigenvalue weighted by Gasteiger charge is 2.28. The Morgan fingerprint density at radius 2 is 1.73 bits per heavy atom. The fourth-order valence-electron chi connectivity index (χ4n) is 3.68. The van der Waals surface area contributed by atoms with Crippen molar-refractivity contribution in [3.63, 3.8) is 0 Å². The third-order valence-corrected chi connectivity index (χ3v) is 5.05. The van der Waals surface area contributed by atoms with Gasteiger partial charge in [-0.15, -0.1) is 0 Å². The van der Waals surface area contributed by atoms with Crippen molar-refractivity contribution in [1.82, 2.24) is 10.3 Å². The summed E-state index contributed by atoms with van der Waals surface area (Å²) < 4.78 is 10.7. The Hall–Kier alpha value is -3.78. The van der Waals surface area contributed by atoms with E-state index in [9.17, 15) is 4.79 Å². The first kappa shape index (κ1) is 19.5. The number of pyridine rings is 1. The number of carbonyl (C=O) groups excluding carboxylic acids is 1. The summed E-state index contributed by atoms with van der Waals surface area (Å²) in [5, 5.41) is 2.76. The van der Waals surface area contributed by atoms with E-state index in [-0.39, 0.29) is 5.92 Å². The molecule has 0 radical (unpaired) electrons. The van der Waals surface area contributed by atoms with Gasteiger partial charge in [-0.2, -0.15) is 0 Å². The van der Waals surface area contributed by atoms with Crippen LogP contribution >= 0.6 is 0 Å². The summed E-state index contributed by atoms with van der Waals surface area (Å²) >= 11 is 0. The number of hydrogen-bond acceptors (Lipinski definition) is 4. The molecule has 3 aromatic rings. The van der Waals surface area contributed by atoms with Gasteiger partial charge in [-0.1, -0.05) is 60.4 Å². The van der Waals surface area contributed by atoms with E-state index < -0.39 is 6.09 Å². The van der Waals surface area contributed by atoms with Gasteiger partial charge in [0.05, 0.1) is 12.7 Å². The van der Waals surface area contributed by atoms with E-state index >= 15 is 0 Å². The molecule has 0 unspecified atom stereocenters. The number of rotatable bonds is 5. The van der Waals surface area contributed by atoms with Gasteiger partial charge in [0.15, 0.2) is 0 Å². The lowest BCUT2D eigenvalue weighted by Gasteiger charge is -2.14. The summed E-state index contributed by atoms with van der Waals surface area (Å²) in [5.41, 5.74) is 5.54. The second-order valence-corrected chi connectivity index (χ2v) is 6.86. The Morgan fingerprint density at radius 3 is 2.43 bits per heavy atom. The quantitative estimate of drug-likeness (QED) is 0.512. The van der Waals surface area contributed by atoms with Crippen LogP contribution in [0.2, 0.25) is 0 Å². The monoisotopic (exact) mass is 398 g/mol. The van der Waals surface area contributed by atoms with Gasteiger partial charge in [0, 0.05) is 25.1 Å². The molecule has 0 aliphatic heterocycles. The molecule has 0 saturated carbocycles. The molecule has 2 aromatic carbocycles. The molecule has 1 heterocycles. The van der Waals surface area contributed by atoms with E-state index in [1.807, 2.05) is 36.4 Å². The fraction of sp³-hybridized carbons (Fsp3) is 0.200. The fourth-order valence-corrected chi connectivity index (χ4v) is 3.68. The standard InChI is InChI=1S/C25H22N2O3/c1-29-24-18(10-8-16-26-24)9-6-7-15-27-25(28)30-17-23-21-13-4-2-11-19(21)20-12-3-5-14-22(20)23/h2-5,8,10-14,16,23H,7,15,17H2,1H3,(H,27,28). The highest BCUT2D eigenvalue weighted by atomic mass is 16.5. The Bertz CT molecular complexity index is 1070. The van der Waals surface area contributed by atoms with Crippen molar-refractivity contribution in [2.45, 2.75) is 12.3 Å². The lowest BCUT2D eigenvalue weighted by molar-refractivity contribution is 0.143. The molecule has 1 aromatic heterocycles. The molecule has 0 fully saturated rings. The molecular formula is C25H22N2O3. The lowest BCUT2D eigenvalue weighted by atomic mass is 9.98. The van der Waals surface area contributed by atoms with Gasteiger partial charge in [0.1, 0.15) is 6.61 Å². The first-order chi connectivity index (χ1) is 14.8. The highest BCUT2D eigenvalue weighted by molar-refractivity contribution is 5.79. The molecule has 0 saturated heterocycles. The average molecular weight is 398 g/mol. The van der Waals surface area contributed by atoms with Gasteiger partial charge in [-0.3, -0.25) is 0 Å². The van der Waals surface area contributed by atoms with Crippen molar-refractivity contribution < 1.29 is 14.3 Å². The molecular weight excluding hydrogens is 376 g/mol. The van der Waals surface area contributed by atoms with Crippen LogP contribution in [0.3, 0.4) is 0 Å². The lowest BCUT2D eigenvalue weighted by Crippen LogP contribution is -2.26. The predicted molar refractivity (Wildman–Crippen MR) is 115 cm³/mol. The molecule has 30 heavy (non-hydrogen) atoms. The number of aromatic nitrogens is 1. The first-order valence-corrected chi connectivity index (χ1v) is 9.84. The van der Waals surface area contributed by atoms with Crippen molar-refractivity contribution in [3.8, 4) is 28.8 Å². The SMILES string of the molecule is COc1ncccc1C#CCCNC(=O)OCC1c2ccccc2-c2ccccc21. The number of nitrogens with zero attached hydrogens (tertiary/aromatic N) is 1. The van der Waals surface area contributed by atoms with E-state index in [2.05, 4.69) is 46.4 Å². The zero-order valence-corrected chi connectivity index (χ0v) is 16.7. The van der Waals surface area contributed by atoms with Gasteiger partial charge in [-0.25, -0.2) is 9.78 Å². The van der Waals surface area contributed by atoms with Crippen LogP contribution < -0.4 is 10.1 Å². The molecule has 0 spiro atoms. The number of amides is 1. The zero-order valence-electron chi connectivity index (χ0n) is 16.7. The van der Waals surface area contributed by atoms with Crippen LogP contribution in [0.5, 0.6) is 5.88 Å². The average Bonchev–Trinajstić information content (AvgIpc) is 3.11. The Labute approximate surface area is 176 Å². The summed E-state index contributed by atoms with van der Waals surface area (Å²) in [6.45, 7) is 0.713. The first-order valence-electron chi connectivity index (χ1n) is 9.84. The Morgan fingerprint density at radius 1 is 1.03 bits per heavy atom. The summed E-state index contributed by atoms with van der Waals surface area (Å²) in [7, 11) is 1.56. The van der Waals surface area contributed by atoms with Crippen LogP contribution in [0.25, 0.3) is 11.1 Å². The number of fused-ring (bicyclic) bond motifs is 3. The Balaban J connectivity index is 1.29. The summed E-state index contributed by atoms with van der Waals surface area (Å²) in [4.78, 5) is 16.2. The van der Waals surface area contributed by atoms with Gasteiger partial charge in [-0.05, 0) is 34.4 Å². The van der Waals surface area contributed by atoms with E-state index in [1.165, 1.54) is 22.3 Å². The van der Waals surface area contributed by atoms with Crippen molar-refractivity contribution >= 4 is 6.09 Å². The number of carbonyl (C=O) groups is 1. The van der Waals surface area contributed by atoms with Crippen LogP contribution in [-0.4, -0.2) is 31.3 Å². The van der Waals surface area contributed by atoms with Gasteiger partial charge < -0.3 is 14.8 Å². The number of benzene rings is 2.